The van der Waals surface area contributed by atoms with Crippen LogP contribution < -0.4 is 5.32 Å². The van der Waals surface area contributed by atoms with Crippen molar-refractivity contribution >= 4 is 18.5 Å². The number of hydrogen-bond donors (Lipinski definition) is 1. The largest absolute Gasteiger partial charge is 0.441 e. The second kappa shape index (κ2) is 6.34. The summed E-state index contributed by atoms with van der Waals surface area (Å²) in [5.74, 6) is -3.25. The van der Waals surface area contributed by atoms with Gasteiger partial charge in [0.2, 0.25) is 0 Å². The molecule has 122 valence electrons. The highest BCUT2D eigenvalue weighted by molar-refractivity contribution is 5.85. The van der Waals surface area contributed by atoms with Crippen molar-refractivity contribution < 1.29 is 22.7 Å². The second-order valence-corrected chi connectivity index (χ2v) is 5.48. The van der Waals surface area contributed by atoms with E-state index in [2.05, 4.69) is 5.32 Å². The average Bonchev–Trinajstić information content (AvgIpc) is 2.75. The van der Waals surface area contributed by atoms with Crippen molar-refractivity contribution in [2.45, 2.75) is 25.0 Å². The van der Waals surface area contributed by atoms with E-state index in [9.17, 15) is 18.0 Å². The van der Waals surface area contributed by atoms with Gasteiger partial charge in [0.1, 0.15) is 11.4 Å². The molecule has 2 aliphatic heterocycles. The fourth-order valence-electron chi connectivity index (χ4n) is 2.86. The Morgan fingerprint density at radius 2 is 1.82 bits per heavy atom. The minimum Gasteiger partial charge on any atom is -0.441 e. The maximum Gasteiger partial charge on any atom is 0.410 e. The van der Waals surface area contributed by atoms with Crippen molar-refractivity contribution in [1.29, 1.82) is 0 Å². The standard InChI is InChI=1S/C14H15F3N2O2.ClH/c15-10-1-2-11(16)12(17)9(10)7-19-8-14(21-13(19)20)3-5-18-6-4-14;/h1-2,18H,3-8H2;1H. The Kier molecular flexibility index (Phi) is 4.87. The molecule has 0 saturated carbocycles. The van der Waals surface area contributed by atoms with Gasteiger partial charge in [0.15, 0.2) is 11.6 Å². The average molecular weight is 337 g/mol. The highest BCUT2D eigenvalue weighted by Crippen LogP contribution is 2.32. The number of amides is 1. The molecule has 22 heavy (non-hydrogen) atoms. The number of rotatable bonds is 2. The molecule has 2 fully saturated rings. The Bertz CT molecular complexity index is 579. The molecule has 1 N–H and O–H groups in total. The van der Waals surface area contributed by atoms with Gasteiger partial charge in [-0.25, -0.2) is 18.0 Å². The van der Waals surface area contributed by atoms with Crippen molar-refractivity contribution in [3.8, 4) is 0 Å². The number of benzene rings is 1. The zero-order valence-electron chi connectivity index (χ0n) is 11.7. The number of piperidine rings is 1. The number of carbonyl (C=O) groups excluding carboxylic acids is 1. The summed E-state index contributed by atoms with van der Waals surface area (Å²) >= 11 is 0. The van der Waals surface area contributed by atoms with E-state index in [1.807, 2.05) is 0 Å². The molecule has 4 nitrogen and oxygen atoms in total. The molecule has 8 heteroatoms. The van der Waals surface area contributed by atoms with Gasteiger partial charge in [-0.3, -0.25) is 4.90 Å². The quantitative estimate of drug-likeness (QED) is 0.844. The summed E-state index contributed by atoms with van der Waals surface area (Å²) in [6, 6.07) is 1.58. The lowest BCUT2D eigenvalue weighted by Crippen LogP contribution is -2.44. The predicted octanol–water partition coefficient (Wildman–Crippen LogP) is 2.60. The molecule has 1 spiro atoms. The summed E-state index contributed by atoms with van der Waals surface area (Å²) < 4.78 is 45.9. The molecule has 0 aliphatic carbocycles. The SMILES string of the molecule is Cl.O=C1OC2(CCNCC2)CN1Cc1c(F)ccc(F)c1F. The maximum absolute atomic E-state index is 13.7. The Balaban J connectivity index is 0.00000176. The fraction of sp³-hybridized carbons (Fsp3) is 0.500. The number of carbonyl (C=O) groups is 1. The molecule has 1 aromatic rings. The fourth-order valence-corrected chi connectivity index (χ4v) is 2.86. The first-order valence-electron chi connectivity index (χ1n) is 6.82. The number of ether oxygens (including phenoxy) is 1. The number of nitrogens with one attached hydrogen (secondary N) is 1. The predicted molar refractivity (Wildman–Crippen MR) is 75.3 cm³/mol. The van der Waals surface area contributed by atoms with Gasteiger partial charge in [0, 0.05) is 18.4 Å². The first-order chi connectivity index (χ1) is 10.0. The van der Waals surface area contributed by atoms with E-state index in [-0.39, 0.29) is 25.5 Å². The Labute approximate surface area is 132 Å². The molecular formula is C14H16ClF3N2O2. The van der Waals surface area contributed by atoms with Crippen molar-refractivity contribution in [2.24, 2.45) is 0 Å². The molecule has 2 heterocycles. The lowest BCUT2D eigenvalue weighted by Gasteiger charge is -2.31. The van der Waals surface area contributed by atoms with E-state index in [0.717, 1.165) is 25.2 Å². The molecule has 0 unspecified atom stereocenters. The summed E-state index contributed by atoms with van der Waals surface area (Å²) in [7, 11) is 0. The summed E-state index contributed by atoms with van der Waals surface area (Å²) in [5.41, 5.74) is -1.04. The van der Waals surface area contributed by atoms with Crippen LogP contribution >= 0.6 is 12.4 Å². The van der Waals surface area contributed by atoms with Gasteiger partial charge >= 0.3 is 6.09 Å². The number of hydrogen-bond acceptors (Lipinski definition) is 3. The molecule has 0 atom stereocenters. The minimum atomic E-state index is -1.26. The van der Waals surface area contributed by atoms with Crippen LogP contribution in [-0.4, -0.2) is 36.2 Å². The van der Waals surface area contributed by atoms with E-state index in [4.69, 9.17) is 4.74 Å². The van der Waals surface area contributed by atoms with Crippen LogP contribution in [0.3, 0.4) is 0 Å². The van der Waals surface area contributed by atoms with E-state index in [1.54, 1.807) is 0 Å². The Morgan fingerprint density at radius 3 is 2.50 bits per heavy atom. The van der Waals surface area contributed by atoms with E-state index < -0.39 is 34.7 Å². The van der Waals surface area contributed by atoms with Crippen LogP contribution in [0, 0.1) is 17.5 Å². The van der Waals surface area contributed by atoms with E-state index >= 15 is 0 Å². The third-order valence-electron chi connectivity index (χ3n) is 4.04. The first kappa shape index (κ1) is 16.9. The molecule has 1 aromatic carbocycles. The topological polar surface area (TPSA) is 41.6 Å². The molecular weight excluding hydrogens is 321 g/mol. The lowest BCUT2D eigenvalue weighted by molar-refractivity contribution is 0.0316. The molecule has 1 amide bonds. The van der Waals surface area contributed by atoms with E-state index in [0.29, 0.717) is 12.8 Å². The molecule has 0 bridgehead atoms. The Hall–Kier alpha value is -1.47. The molecule has 2 saturated heterocycles. The van der Waals surface area contributed by atoms with Gasteiger partial charge in [-0.1, -0.05) is 0 Å². The van der Waals surface area contributed by atoms with Crippen molar-refractivity contribution in [2.75, 3.05) is 19.6 Å². The van der Waals surface area contributed by atoms with Crippen molar-refractivity contribution in [1.82, 2.24) is 10.2 Å². The third kappa shape index (κ3) is 3.01. The van der Waals surface area contributed by atoms with Crippen LogP contribution in [-0.2, 0) is 11.3 Å². The zero-order valence-corrected chi connectivity index (χ0v) is 12.5. The maximum atomic E-state index is 13.7. The smallest absolute Gasteiger partial charge is 0.410 e. The van der Waals surface area contributed by atoms with Crippen LogP contribution in [0.25, 0.3) is 0 Å². The number of halogens is 4. The van der Waals surface area contributed by atoms with Gasteiger partial charge in [-0.2, -0.15) is 0 Å². The lowest BCUT2D eigenvalue weighted by atomic mass is 9.92. The highest BCUT2D eigenvalue weighted by Gasteiger charge is 2.45. The van der Waals surface area contributed by atoms with Gasteiger partial charge < -0.3 is 10.1 Å². The van der Waals surface area contributed by atoms with Crippen LogP contribution in [0.1, 0.15) is 18.4 Å². The van der Waals surface area contributed by atoms with Crippen LogP contribution in [0.2, 0.25) is 0 Å². The zero-order chi connectivity index (χ0) is 15.0. The summed E-state index contributed by atoms with van der Waals surface area (Å²) in [4.78, 5) is 13.1. The summed E-state index contributed by atoms with van der Waals surface area (Å²) in [6.45, 7) is 1.39. The van der Waals surface area contributed by atoms with Crippen LogP contribution in [0.15, 0.2) is 12.1 Å². The van der Waals surface area contributed by atoms with Gasteiger partial charge in [0.05, 0.1) is 13.1 Å². The summed E-state index contributed by atoms with van der Waals surface area (Å²) in [6.07, 6.45) is 0.701. The molecule has 0 aromatic heterocycles. The molecule has 2 aliphatic rings. The summed E-state index contributed by atoms with van der Waals surface area (Å²) in [5, 5.41) is 3.16. The molecule has 0 radical (unpaired) electrons. The third-order valence-corrected chi connectivity index (χ3v) is 4.04. The van der Waals surface area contributed by atoms with Gasteiger partial charge in [-0.05, 0) is 25.2 Å². The minimum absolute atomic E-state index is 0. The van der Waals surface area contributed by atoms with Crippen molar-refractivity contribution in [3.05, 3.63) is 35.1 Å². The highest BCUT2D eigenvalue weighted by atomic mass is 35.5. The second-order valence-electron chi connectivity index (χ2n) is 5.48. The van der Waals surface area contributed by atoms with Gasteiger partial charge in [-0.15, -0.1) is 12.4 Å². The normalized spacial score (nSPS) is 20.0. The number of nitrogens with zero attached hydrogens (tertiary/aromatic N) is 1. The molecule has 3 rings (SSSR count). The van der Waals surface area contributed by atoms with Gasteiger partial charge in [0.25, 0.3) is 0 Å². The monoisotopic (exact) mass is 336 g/mol. The first-order valence-corrected chi connectivity index (χ1v) is 6.82. The van der Waals surface area contributed by atoms with E-state index in [1.165, 1.54) is 4.90 Å². The van der Waals surface area contributed by atoms with Crippen LogP contribution in [0.4, 0.5) is 18.0 Å². The van der Waals surface area contributed by atoms with Crippen molar-refractivity contribution in [3.63, 3.8) is 0 Å². The Morgan fingerprint density at radius 1 is 1.18 bits per heavy atom. The van der Waals surface area contributed by atoms with Crippen LogP contribution in [0.5, 0.6) is 0 Å².